The molecule has 0 N–H and O–H groups in total. The molecule has 0 aromatic carbocycles. The quantitative estimate of drug-likeness (QED) is 0.293. The molecule has 0 aliphatic rings. The second kappa shape index (κ2) is 6.27. The van der Waals surface area contributed by atoms with E-state index in [0.29, 0.717) is 0 Å². The van der Waals surface area contributed by atoms with E-state index in [1.807, 2.05) is 0 Å². The van der Waals surface area contributed by atoms with E-state index in [0.717, 1.165) is 0 Å². The molecule has 11 heteroatoms. The molecular weight excluding hydrogens is 436 g/mol. The third-order valence-electron chi connectivity index (χ3n) is 0. The van der Waals surface area contributed by atoms with Crippen molar-refractivity contribution < 1.29 is 64.2 Å². The van der Waals surface area contributed by atoms with Gasteiger partial charge in [-0.05, 0) is 0 Å². The first-order valence-corrected chi connectivity index (χ1v) is 4.00. The summed E-state index contributed by atoms with van der Waals surface area (Å²) in [6.07, 6.45) is 0. The Bertz CT molecular complexity index is 208. The minimum Gasteiger partial charge on any atom is -0.759 e. The molecule has 70 valence electrons. The molecule has 0 spiro atoms. The van der Waals surface area contributed by atoms with Crippen molar-refractivity contribution >= 4 is 20.8 Å². The molecule has 0 aliphatic carbocycles. The Morgan fingerprint density at radius 3 is 0.636 bits per heavy atom. The third kappa shape index (κ3) is 1550. The van der Waals surface area contributed by atoms with Crippen molar-refractivity contribution in [3.8, 4) is 0 Å². The van der Waals surface area contributed by atoms with E-state index >= 15 is 0 Å². The Balaban J connectivity index is -0.000000107. The summed E-state index contributed by atoms with van der Waals surface area (Å²) in [4.78, 5) is 0. The second-order valence-electron chi connectivity index (χ2n) is 0.816. The molecule has 0 fully saturated rings. The number of hydrogen-bond donors (Lipinski definition) is 0. The minimum absolute atomic E-state index is 0. The van der Waals surface area contributed by atoms with Crippen molar-refractivity contribution in [2.24, 2.45) is 0 Å². The molecular formula is O8PuS2-4. The van der Waals surface area contributed by atoms with Crippen LogP contribution < -0.4 is 0 Å². The zero-order valence-corrected chi connectivity index (χ0v) is 9.52. The molecule has 0 heterocycles. The fourth-order valence-electron chi connectivity index (χ4n) is 0. The van der Waals surface area contributed by atoms with Gasteiger partial charge < -0.3 is 18.2 Å². The molecule has 0 saturated heterocycles. The minimum atomic E-state index is -5.17. The van der Waals surface area contributed by atoms with Gasteiger partial charge in [-0.2, -0.15) is 0 Å². The van der Waals surface area contributed by atoms with Crippen LogP contribution >= 0.6 is 0 Å². The molecule has 0 saturated carbocycles. The van der Waals surface area contributed by atoms with Crippen molar-refractivity contribution in [2.45, 2.75) is 0 Å². The summed E-state index contributed by atoms with van der Waals surface area (Å²) in [6.45, 7) is 0. The number of rotatable bonds is 0. The molecule has 0 radical (unpaired) electrons. The predicted molar refractivity (Wildman–Crippen MR) is 20.9 cm³/mol. The Morgan fingerprint density at radius 2 is 0.636 bits per heavy atom. The van der Waals surface area contributed by atoms with Gasteiger partial charge in [-0.15, -0.1) is 0 Å². The fourth-order valence-corrected chi connectivity index (χ4v) is 0. The van der Waals surface area contributed by atoms with Gasteiger partial charge in [0.05, 0.1) is 0 Å². The van der Waals surface area contributed by atoms with E-state index in [2.05, 4.69) is 0 Å². The maximum absolute atomic E-state index is 8.52. The van der Waals surface area contributed by atoms with Gasteiger partial charge >= 0.3 is 0 Å². The average molecular weight is 436 g/mol. The van der Waals surface area contributed by atoms with E-state index in [1.165, 1.54) is 0 Å². The molecule has 0 aromatic heterocycles. The van der Waals surface area contributed by atoms with Gasteiger partial charge in [-0.1, -0.05) is 0 Å². The molecule has 0 aliphatic heterocycles. The van der Waals surface area contributed by atoms with Gasteiger partial charge in [0.25, 0.3) is 0 Å². The summed E-state index contributed by atoms with van der Waals surface area (Å²) in [5, 5.41) is 0. The molecule has 0 bridgehead atoms. The molecule has 0 rings (SSSR count). The normalized spacial score (nSPS) is 10.5. The molecule has 0 amide bonds. The van der Waals surface area contributed by atoms with Crippen molar-refractivity contribution in [3.63, 3.8) is 0 Å². The zero-order valence-electron chi connectivity index (χ0n) is 4.49. The summed E-state index contributed by atoms with van der Waals surface area (Å²) in [7, 11) is -10.3. The second-order valence-corrected chi connectivity index (χ2v) is 2.45. The first kappa shape index (κ1) is 17.7. The Labute approximate surface area is 84.7 Å². The van der Waals surface area contributed by atoms with E-state index in [9.17, 15) is 0 Å². The summed E-state index contributed by atoms with van der Waals surface area (Å²) < 4.78 is 68.2. The Hall–Kier alpha value is 0.727. The monoisotopic (exact) mass is 430 g/mol. The van der Waals surface area contributed by atoms with Crippen molar-refractivity contribution in [3.05, 3.63) is 0 Å². The van der Waals surface area contributed by atoms with Crippen molar-refractivity contribution in [1.82, 2.24) is 0 Å². The maximum Gasteiger partial charge on any atom is 0.0311 e. The van der Waals surface area contributed by atoms with Gasteiger partial charge in [0.1, 0.15) is 0 Å². The molecule has 0 unspecified atom stereocenters. The van der Waals surface area contributed by atoms with E-state index in [-0.39, 0.29) is 29.2 Å². The van der Waals surface area contributed by atoms with Crippen LogP contribution in [0.4, 0.5) is 0 Å². The third-order valence-corrected chi connectivity index (χ3v) is 0. The SMILES string of the molecule is O=S(=O)([O-])[O-].O=S(=O)([O-])[O-].[Pu]. The van der Waals surface area contributed by atoms with Crippen LogP contribution in [0.2, 0.25) is 0 Å². The van der Waals surface area contributed by atoms with E-state index < -0.39 is 20.8 Å². The zero-order chi connectivity index (χ0) is 9.00. The summed E-state index contributed by atoms with van der Waals surface area (Å²) in [5.41, 5.74) is 0. The van der Waals surface area contributed by atoms with Crippen LogP contribution in [0.1, 0.15) is 0 Å². The predicted octanol–water partition coefficient (Wildman–Crippen LogP) is -2.68. The summed E-state index contributed by atoms with van der Waals surface area (Å²) in [6, 6.07) is 0. The fraction of sp³-hybridized carbons (Fsp3) is 0. The molecule has 0 aromatic rings. The molecule has 0 atom stereocenters. The summed E-state index contributed by atoms with van der Waals surface area (Å²) in [5.74, 6) is 0. The maximum atomic E-state index is 8.52. The van der Waals surface area contributed by atoms with E-state index in [1.54, 1.807) is 0 Å². The van der Waals surface area contributed by atoms with Crippen molar-refractivity contribution in [1.29, 1.82) is 0 Å². The van der Waals surface area contributed by atoms with Gasteiger partial charge in [0.2, 0.25) is 0 Å². The first-order chi connectivity index (χ1) is 4.00. The Kier molecular flexibility index (Phi) is 10.1. The van der Waals surface area contributed by atoms with Gasteiger partial charge in [-0.3, -0.25) is 16.8 Å². The molecule has 11 heavy (non-hydrogen) atoms. The van der Waals surface area contributed by atoms with Gasteiger partial charge in [-0.25, -0.2) is 0 Å². The van der Waals surface area contributed by atoms with Crippen LogP contribution in [0.15, 0.2) is 0 Å². The van der Waals surface area contributed by atoms with E-state index in [4.69, 9.17) is 35.0 Å². The average Bonchev–Trinajstić information content (AvgIpc) is 1.12. The first-order valence-electron chi connectivity index (χ1n) is 1.33. The standard InChI is InChI=1S/2H2O4S.Pu/c2*1-5(2,3)4;/h2*(H2,1,2,3,4);/p-4. The van der Waals surface area contributed by atoms with Crippen LogP contribution in [0.3, 0.4) is 0 Å². The smallest absolute Gasteiger partial charge is 0.0311 e. The van der Waals surface area contributed by atoms with Crippen LogP contribution in [-0.2, 0) is 20.8 Å². The van der Waals surface area contributed by atoms with Crippen LogP contribution in [-0.4, -0.2) is 35.0 Å². The molecule has 8 nitrogen and oxygen atoms in total. The largest absolute Gasteiger partial charge is 0.759 e. The van der Waals surface area contributed by atoms with Crippen LogP contribution in [0, 0.1) is 29.2 Å². The number of hydrogen-bond acceptors (Lipinski definition) is 8. The van der Waals surface area contributed by atoms with Crippen LogP contribution in [0.5, 0.6) is 0 Å². The van der Waals surface area contributed by atoms with Gasteiger partial charge in [0, 0.05) is 50.0 Å². The van der Waals surface area contributed by atoms with Crippen LogP contribution in [0.25, 0.3) is 0 Å². The Morgan fingerprint density at radius 1 is 0.636 bits per heavy atom. The topological polar surface area (TPSA) is 161 Å². The van der Waals surface area contributed by atoms with Crippen molar-refractivity contribution in [2.75, 3.05) is 0 Å². The summed E-state index contributed by atoms with van der Waals surface area (Å²) >= 11 is 0. The van der Waals surface area contributed by atoms with Gasteiger partial charge in [0.15, 0.2) is 0 Å².